The van der Waals surface area contributed by atoms with Crippen LogP contribution in [-0.4, -0.2) is 30.4 Å². The van der Waals surface area contributed by atoms with Crippen LogP contribution in [0.5, 0.6) is 0 Å². The highest BCUT2D eigenvalue weighted by Gasteiger charge is 2.09. The molecule has 0 rings (SSSR count). The molecule has 0 spiro atoms. The highest BCUT2D eigenvalue weighted by atomic mass is 31.2. The minimum atomic E-state index is -5.11. The SMILES string of the molecule is CCCCCCCCCCCCCC(=O)OC[C@@H](O)COP(=O)([O-])[O-]. The Balaban J connectivity index is 3.37. The van der Waals surface area contributed by atoms with Crippen molar-refractivity contribution in [3.8, 4) is 0 Å². The molecule has 0 unspecified atom stereocenters. The molecule has 0 aromatic rings. The maximum atomic E-state index is 11.5. The van der Waals surface area contributed by atoms with Gasteiger partial charge in [0, 0.05) is 6.42 Å². The normalized spacial score (nSPS) is 13.0. The van der Waals surface area contributed by atoms with Gasteiger partial charge in [0.25, 0.3) is 0 Å². The van der Waals surface area contributed by atoms with Gasteiger partial charge < -0.3 is 28.7 Å². The Kier molecular flexibility index (Phi) is 15.5. The molecule has 0 aromatic heterocycles. The third kappa shape index (κ3) is 19.7. The predicted molar refractivity (Wildman–Crippen MR) is 91.6 cm³/mol. The average Bonchev–Trinajstić information content (AvgIpc) is 2.55. The Labute approximate surface area is 151 Å². The van der Waals surface area contributed by atoms with Crippen molar-refractivity contribution < 1.29 is 33.5 Å². The summed E-state index contributed by atoms with van der Waals surface area (Å²) in [5.41, 5.74) is 0. The fourth-order valence-corrected chi connectivity index (χ4v) is 2.77. The highest BCUT2D eigenvalue weighted by Crippen LogP contribution is 2.24. The van der Waals surface area contributed by atoms with E-state index in [4.69, 9.17) is 4.74 Å². The van der Waals surface area contributed by atoms with Crippen LogP contribution in [0.4, 0.5) is 0 Å². The Morgan fingerprint density at radius 1 is 0.920 bits per heavy atom. The summed E-state index contributed by atoms with van der Waals surface area (Å²) in [6.07, 6.45) is 12.0. The van der Waals surface area contributed by atoms with E-state index in [-0.39, 0.29) is 13.0 Å². The first-order chi connectivity index (χ1) is 11.8. The first kappa shape index (κ1) is 24.5. The van der Waals surface area contributed by atoms with Gasteiger partial charge in [-0.15, -0.1) is 0 Å². The molecular formula is C17H33O7P-2. The minimum absolute atomic E-state index is 0.270. The summed E-state index contributed by atoms with van der Waals surface area (Å²) in [7, 11) is -5.11. The second kappa shape index (κ2) is 15.8. The molecule has 0 radical (unpaired) electrons. The molecule has 0 saturated heterocycles. The van der Waals surface area contributed by atoms with Gasteiger partial charge in [0.05, 0.1) is 14.4 Å². The van der Waals surface area contributed by atoms with Gasteiger partial charge in [-0.05, 0) is 6.42 Å². The molecule has 0 bridgehead atoms. The molecular weight excluding hydrogens is 347 g/mol. The number of phosphoric acid groups is 1. The lowest BCUT2D eigenvalue weighted by molar-refractivity contribution is -0.342. The molecule has 150 valence electrons. The zero-order valence-electron chi connectivity index (χ0n) is 15.3. The number of esters is 1. The van der Waals surface area contributed by atoms with E-state index >= 15 is 0 Å². The van der Waals surface area contributed by atoms with E-state index < -0.39 is 26.5 Å². The molecule has 0 amide bonds. The van der Waals surface area contributed by atoms with Gasteiger partial charge in [-0.2, -0.15) is 0 Å². The summed E-state index contributed by atoms with van der Waals surface area (Å²) in [4.78, 5) is 31.9. The van der Waals surface area contributed by atoms with E-state index in [1.807, 2.05) is 0 Å². The van der Waals surface area contributed by atoms with Gasteiger partial charge in [-0.25, -0.2) is 0 Å². The van der Waals surface area contributed by atoms with Crippen molar-refractivity contribution in [3.05, 3.63) is 0 Å². The Bertz CT molecular complexity index is 370. The molecule has 7 nitrogen and oxygen atoms in total. The van der Waals surface area contributed by atoms with Crippen LogP contribution in [0, 0.1) is 0 Å². The number of ether oxygens (including phenoxy) is 1. The molecule has 8 heteroatoms. The maximum absolute atomic E-state index is 11.5. The lowest BCUT2D eigenvalue weighted by Gasteiger charge is -2.29. The fourth-order valence-electron chi connectivity index (χ4n) is 2.42. The topological polar surface area (TPSA) is 119 Å². The van der Waals surface area contributed by atoms with E-state index in [0.717, 1.165) is 19.3 Å². The molecule has 0 aliphatic rings. The molecule has 0 aromatic carbocycles. The zero-order valence-corrected chi connectivity index (χ0v) is 16.2. The standard InChI is InChI=1S/C17H35O7P/c1-2-3-4-5-6-7-8-9-10-11-12-13-17(19)23-14-16(18)15-24-25(20,21)22/h16,18H,2-15H2,1H3,(H2,20,21,22)/p-2/t16-/m1/s1. The molecule has 1 atom stereocenters. The summed E-state index contributed by atoms with van der Waals surface area (Å²) in [5, 5.41) is 9.32. The van der Waals surface area contributed by atoms with E-state index in [0.29, 0.717) is 0 Å². The summed E-state index contributed by atoms with van der Waals surface area (Å²) in [5.74, 6) is -0.442. The van der Waals surface area contributed by atoms with E-state index in [1.165, 1.54) is 51.4 Å². The van der Waals surface area contributed by atoms with E-state index in [2.05, 4.69) is 11.4 Å². The number of hydrogen-bond donors (Lipinski definition) is 1. The minimum Gasteiger partial charge on any atom is -0.790 e. The largest absolute Gasteiger partial charge is 0.790 e. The van der Waals surface area contributed by atoms with Crippen LogP contribution in [0.1, 0.15) is 84.0 Å². The summed E-state index contributed by atoms with van der Waals surface area (Å²) >= 11 is 0. The Hall–Kier alpha value is -0.460. The number of aliphatic hydroxyl groups is 1. The van der Waals surface area contributed by atoms with Gasteiger partial charge in [0.2, 0.25) is 0 Å². The molecule has 0 aliphatic heterocycles. The maximum Gasteiger partial charge on any atom is 0.305 e. The van der Waals surface area contributed by atoms with Crippen molar-refractivity contribution in [2.75, 3.05) is 13.2 Å². The second-order valence-corrected chi connectivity index (χ2v) is 7.52. The highest BCUT2D eigenvalue weighted by molar-refractivity contribution is 7.43. The van der Waals surface area contributed by atoms with Crippen molar-refractivity contribution in [1.82, 2.24) is 0 Å². The predicted octanol–water partition coefficient (Wildman–Crippen LogP) is 2.44. The number of phosphoric ester groups is 1. The number of hydrogen-bond acceptors (Lipinski definition) is 7. The van der Waals surface area contributed by atoms with Gasteiger partial charge in [0.15, 0.2) is 0 Å². The second-order valence-electron chi connectivity index (χ2n) is 6.37. The fraction of sp³-hybridized carbons (Fsp3) is 0.941. The molecule has 0 saturated carbocycles. The molecule has 0 fully saturated rings. The number of unbranched alkanes of at least 4 members (excludes halogenated alkanes) is 10. The van der Waals surface area contributed by atoms with Gasteiger partial charge in [-0.1, -0.05) is 71.1 Å². The van der Waals surface area contributed by atoms with E-state index in [1.54, 1.807) is 0 Å². The summed E-state index contributed by atoms with van der Waals surface area (Å²) in [6, 6.07) is 0. The van der Waals surface area contributed by atoms with Gasteiger partial charge in [0.1, 0.15) is 12.7 Å². The van der Waals surface area contributed by atoms with Crippen molar-refractivity contribution in [2.24, 2.45) is 0 Å². The quantitative estimate of drug-likeness (QED) is 0.234. The number of aliphatic hydroxyl groups excluding tert-OH is 1. The smallest absolute Gasteiger partial charge is 0.305 e. The van der Waals surface area contributed by atoms with Crippen LogP contribution < -0.4 is 9.79 Å². The molecule has 0 heterocycles. The van der Waals surface area contributed by atoms with Crippen LogP contribution >= 0.6 is 7.82 Å². The summed E-state index contributed by atoms with van der Waals surface area (Å²) < 4.78 is 18.9. The number of carbonyl (C=O) groups is 1. The third-order valence-electron chi connectivity index (χ3n) is 3.85. The van der Waals surface area contributed by atoms with Crippen molar-refractivity contribution in [3.63, 3.8) is 0 Å². The molecule has 1 N–H and O–H groups in total. The van der Waals surface area contributed by atoms with Crippen LogP contribution in [0.3, 0.4) is 0 Å². The van der Waals surface area contributed by atoms with Crippen LogP contribution in [0.2, 0.25) is 0 Å². The molecule has 25 heavy (non-hydrogen) atoms. The number of rotatable bonds is 17. The van der Waals surface area contributed by atoms with Gasteiger partial charge in [-0.3, -0.25) is 4.79 Å². The van der Waals surface area contributed by atoms with Gasteiger partial charge >= 0.3 is 5.97 Å². The number of carbonyl (C=O) groups excluding carboxylic acids is 1. The Morgan fingerprint density at radius 2 is 1.40 bits per heavy atom. The lowest BCUT2D eigenvalue weighted by atomic mass is 10.1. The summed E-state index contributed by atoms with van der Waals surface area (Å²) in [6.45, 7) is 1.14. The first-order valence-electron chi connectivity index (χ1n) is 9.35. The van der Waals surface area contributed by atoms with Crippen molar-refractivity contribution in [2.45, 2.75) is 90.1 Å². The van der Waals surface area contributed by atoms with Crippen LogP contribution in [0.15, 0.2) is 0 Å². The average molecular weight is 380 g/mol. The zero-order chi connectivity index (χ0) is 19.0. The third-order valence-corrected chi connectivity index (χ3v) is 4.31. The van der Waals surface area contributed by atoms with Crippen molar-refractivity contribution in [1.29, 1.82) is 0 Å². The van der Waals surface area contributed by atoms with E-state index in [9.17, 15) is 24.3 Å². The Morgan fingerprint density at radius 3 is 1.88 bits per heavy atom. The first-order valence-corrected chi connectivity index (χ1v) is 10.8. The molecule has 0 aliphatic carbocycles. The van der Waals surface area contributed by atoms with Crippen LogP contribution in [-0.2, 0) is 18.6 Å². The lowest BCUT2D eigenvalue weighted by Crippen LogP contribution is -2.26. The monoisotopic (exact) mass is 380 g/mol. The van der Waals surface area contributed by atoms with Crippen molar-refractivity contribution >= 4 is 13.8 Å². The van der Waals surface area contributed by atoms with Crippen LogP contribution in [0.25, 0.3) is 0 Å².